The zero-order valence-electron chi connectivity index (χ0n) is 15.4. The van der Waals surface area contributed by atoms with E-state index < -0.39 is 0 Å². The maximum absolute atomic E-state index is 9.15. The molecule has 7 heteroatoms. The van der Waals surface area contributed by atoms with Crippen molar-refractivity contribution in [2.75, 3.05) is 56.2 Å². The highest BCUT2D eigenvalue weighted by molar-refractivity contribution is 6.04. The van der Waals surface area contributed by atoms with Crippen molar-refractivity contribution in [2.24, 2.45) is 4.99 Å². The second kappa shape index (κ2) is 6.95. The van der Waals surface area contributed by atoms with E-state index in [1.165, 1.54) is 12.0 Å². The molecule has 7 nitrogen and oxygen atoms in total. The van der Waals surface area contributed by atoms with E-state index >= 15 is 0 Å². The molecular formula is C20H24N6O. The maximum Gasteiger partial charge on any atom is 0.134 e. The van der Waals surface area contributed by atoms with Crippen LogP contribution >= 0.6 is 0 Å². The molecule has 0 spiro atoms. The Bertz CT molecular complexity index is 827. The summed E-state index contributed by atoms with van der Waals surface area (Å²) in [5, 5.41) is 12.5. The standard InChI is InChI=1S/C20H24N6O/c21-9-14-2-3-22-18(6-14)23-19-7-15(8-20(24-19)25-4-1-5-25)16-10-26(11-16)17-12-27-13-17/h6-8,16-17H,1-5,10-13H2,(H,22,23,24). The molecule has 4 aliphatic heterocycles. The van der Waals surface area contributed by atoms with Crippen LogP contribution in [0.3, 0.4) is 0 Å². The first-order chi connectivity index (χ1) is 13.3. The summed E-state index contributed by atoms with van der Waals surface area (Å²) in [4.78, 5) is 14.1. The van der Waals surface area contributed by atoms with Crippen LogP contribution in [-0.4, -0.2) is 67.7 Å². The summed E-state index contributed by atoms with van der Waals surface area (Å²) < 4.78 is 5.32. The van der Waals surface area contributed by atoms with Gasteiger partial charge in [0.2, 0.25) is 0 Å². The van der Waals surface area contributed by atoms with E-state index in [1.54, 1.807) is 0 Å². The van der Waals surface area contributed by atoms with Gasteiger partial charge >= 0.3 is 0 Å². The van der Waals surface area contributed by atoms with E-state index in [4.69, 9.17) is 15.0 Å². The van der Waals surface area contributed by atoms with Crippen LogP contribution in [0.15, 0.2) is 28.8 Å². The summed E-state index contributed by atoms with van der Waals surface area (Å²) in [5.41, 5.74) is 2.11. The molecule has 0 aliphatic carbocycles. The Kier molecular flexibility index (Phi) is 4.30. The normalized spacial score (nSPS) is 23.4. The van der Waals surface area contributed by atoms with Gasteiger partial charge in [-0.05, 0) is 30.2 Å². The number of dihydropyridines is 1. The zero-order valence-corrected chi connectivity index (χ0v) is 15.4. The molecule has 3 saturated heterocycles. The minimum atomic E-state index is 0.549. The Morgan fingerprint density at radius 1 is 1.22 bits per heavy atom. The number of anilines is 2. The van der Waals surface area contributed by atoms with Crippen LogP contribution in [0.5, 0.6) is 0 Å². The third-order valence-electron chi connectivity index (χ3n) is 5.91. The molecule has 3 fully saturated rings. The molecule has 140 valence electrons. The van der Waals surface area contributed by atoms with Crippen LogP contribution in [0.4, 0.5) is 11.6 Å². The number of aliphatic imine (C=N–C) groups is 1. The SMILES string of the molecule is N#CC1=CC(Nc2cc(C3CN(C4COC4)C3)cc(N3CCC3)n2)=NCC1. The van der Waals surface area contributed by atoms with Gasteiger partial charge in [-0.25, -0.2) is 4.98 Å². The van der Waals surface area contributed by atoms with Gasteiger partial charge in [-0.2, -0.15) is 5.26 Å². The highest BCUT2D eigenvalue weighted by Crippen LogP contribution is 2.34. The van der Waals surface area contributed by atoms with Crippen LogP contribution in [0.25, 0.3) is 0 Å². The Balaban J connectivity index is 1.35. The van der Waals surface area contributed by atoms with Gasteiger partial charge < -0.3 is 15.0 Å². The molecule has 0 atom stereocenters. The van der Waals surface area contributed by atoms with Gasteiger partial charge in [0.1, 0.15) is 17.5 Å². The van der Waals surface area contributed by atoms with Gasteiger partial charge in [0, 0.05) is 50.6 Å². The number of likely N-dealkylation sites (tertiary alicyclic amines) is 1. The monoisotopic (exact) mass is 364 g/mol. The largest absolute Gasteiger partial charge is 0.378 e. The first kappa shape index (κ1) is 16.7. The van der Waals surface area contributed by atoms with Crippen molar-refractivity contribution < 1.29 is 4.74 Å². The van der Waals surface area contributed by atoms with Crippen LogP contribution in [0, 0.1) is 11.3 Å². The van der Waals surface area contributed by atoms with Gasteiger partial charge in [0.05, 0.1) is 25.3 Å². The van der Waals surface area contributed by atoms with Crippen molar-refractivity contribution in [1.29, 1.82) is 5.26 Å². The number of pyridine rings is 1. The quantitative estimate of drug-likeness (QED) is 0.877. The number of hydrogen-bond acceptors (Lipinski definition) is 7. The number of hydrogen-bond donors (Lipinski definition) is 1. The first-order valence-corrected chi connectivity index (χ1v) is 9.79. The molecule has 27 heavy (non-hydrogen) atoms. The molecule has 5 rings (SSSR count). The summed E-state index contributed by atoms with van der Waals surface area (Å²) >= 11 is 0. The number of rotatable bonds is 4. The maximum atomic E-state index is 9.15. The molecule has 5 heterocycles. The summed E-state index contributed by atoms with van der Waals surface area (Å²) in [5.74, 6) is 3.16. The summed E-state index contributed by atoms with van der Waals surface area (Å²) in [6.07, 6.45) is 3.79. The summed E-state index contributed by atoms with van der Waals surface area (Å²) in [6.45, 7) is 6.75. The Morgan fingerprint density at radius 2 is 2.07 bits per heavy atom. The lowest BCUT2D eigenvalue weighted by atomic mass is 9.89. The van der Waals surface area contributed by atoms with E-state index in [1.807, 2.05) is 6.08 Å². The van der Waals surface area contributed by atoms with E-state index in [-0.39, 0.29) is 0 Å². The topological polar surface area (TPSA) is 76.8 Å². The molecule has 0 aromatic carbocycles. The van der Waals surface area contributed by atoms with Crippen molar-refractivity contribution in [3.8, 4) is 6.07 Å². The lowest BCUT2D eigenvalue weighted by Crippen LogP contribution is -2.58. The Labute approximate surface area is 159 Å². The average molecular weight is 364 g/mol. The van der Waals surface area contributed by atoms with Crippen LogP contribution in [0.1, 0.15) is 24.3 Å². The Hall–Kier alpha value is -2.43. The number of aromatic nitrogens is 1. The number of ether oxygens (including phenoxy) is 1. The second-order valence-electron chi connectivity index (χ2n) is 7.75. The minimum absolute atomic E-state index is 0.549. The van der Waals surface area contributed by atoms with Gasteiger partial charge in [-0.1, -0.05) is 0 Å². The molecule has 0 bridgehead atoms. The number of nitrogens with one attached hydrogen (secondary N) is 1. The predicted octanol–water partition coefficient (Wildman–Crippen LogP) is 1.75. The predicted molar refractivity (Wildman–Crippen MR) is 104 cm³/mol. The average Bonchev–Trinajstić information content (AvgIpc) is 2.54. The van der Waals surface area contributed by atoms with Crippen molar-refractivity contribution >= 4 is 17.5 Å². The number of nitriles is 1. The van der Waals surface area contributed by atoms with E-state index in [2.05, 4.69) is 38.3 Å². The molecule has 0 saturated carbocycles. The molecule has 1 aromatic rings. The fraction of sp³-hybridized carbons (Fsp3) is 0.550. The van der Waals surface area contributed by atoms with Gasteiger partial charge in [0.25, 0.3) is 0 Å². The smallest absolute Gasteiger partial charge is 0.134 e. The van der Waals surface area contributed by atoms with E-state index in [9.17, 15) is 0 Å². The van der Waals surface area contributed by atoms with Gasteiger partial charge in [-0.3, -0.25) is 9.89 Å². The fourth-order valence-electron chi connectivity index (χ4n) is 3.87. The van der Waals surface area contributed by atoms with Gasteiger partial charge in [0.15, 0.2) is 0 Å². The van der Waals surface area contributed by atoms with Crippen molar-refractivity contribution in [1.82, 2.24) is 9.88 Å². The fourth-order valence-corrected chi connectivity index (χ4v) is 3.87. The first-order valence-electron chi connectivity index (χ1n) is 9.79. The number of amidine groups is 1. The molecule has 1 N–H and O–H groups in total. The summed E-state index contributed by atoms with van der Waals surface area (Å²) in [6, 6.07) is 7.26. The summed E-state index contributed by atoms with van der Waals surface area (Å²) in [7, 11) is 0. The third-order valence-corrected chi connectivity index (χ3v) is 5.91. The van der Waals surface area contributed by atoms with Crippen molar-refractivity contribution in [2.45, 2.75) is 24.8 Å². The third kappa shape index (κ3) is 3.31. The minimum Gasteiger partial charge on any atom is -0.378 e. The van der Waals surface area contributed by atoms with Gasteiger partial charge in [-0.15, -0.1) is 0 Å². The molecule has 0 unspecified atom stereocenters. The highest BCUT2D eigenvalue weighted by Gasteiger charge is 2.37. The molecule has 1 aromatic heterocycles. The van der Waals surface area contributed by atoms with Crippen LogP contribution in [-0.2, 0) is 4.74 Å². The lowest BCUT2D eigenvalue weighted by molar-refractivity contribution is -0.0906. The van der Waals surface area contributed by atoms with Crippen molar-refractivity contribution in [3.63, 3.8) is 0 Å². The molecule has 4 aliphatic rings. The highest BCUT2D eigenvalue weighted by atomic mass is 16.5. The van der Waals surface area contributed by atoms with Crippen molar-refractivity contribution in [3.05, 3.63) is 29.3 Å². The Morgan fingerprint density at radius 3 is 2.74 bits per heavy atom. The van der Waals surface area contributed by atoms with E-state index in [0.717, 1.165) is 68.9 Å². The van der Waals surface area contributed by atoms with Crippen LogP contribution in [0.2, 0.25) is 0 Å². The zero-order chi connectivity index (χ0) is 18.2. The van der Waals surface area contributed by atoms with E-state index in [0.29, 0.717) is 18.5 Å². The lowest BCUT2D eigenvalue weighted by Gasteiger charge is -2.47. The molecule has 0 amide bonds. The van der Waals surface area contributed by atoms with Crippen LogP contribution < -0.4 is 10.2 Å². The molecular weight excluding hydrogens is 340 g/mol. The number of nitrogens with zero attached hydrogens (tertiary/aromatic N) is 5. The molecule has 0 radical (unpaired) electrons. The second-order valence-corrected chi connectivity index (χ2v) is 7.75.